The van der Waals surface area contributed by atoms with Gasteiger partial charge in [0.2, 0.25) is 0 Å². The largest absolute Gasteiger partial charge is 0.297 e. The number of aromatic nitrogens is 2. The molecule has 0 aliphatic rings. The minimum atomic E-state index is 0.0520. The van der Waals surface area contributed by atoms with E-state index in [0.29, 0.717) is 6.54 Å². The Labute approximate surface area is 106 Å². The highest BCUT2D eigenvalue weighted by molar-refractivity contribution is 9.09. The second-order valence-corrected chi connectivity index (χ2v) is 6.09. The summed E-state index contributed by atoms with van der Waals surface area (Å²) in [5, 5.41) is 2.76. The molecule has 2 aromatic rings. The van der Waals surface area contributed by atoms with Gasteiger partial charge >= 0.3 is 0 Å². The smallest absolute Gasteiger partial charge is 0.271 e. The summed E-state index contributed by atoms with van der Waals surface area (Å²) < 4.78 is 2.44. The monoisotopic (exact) mass is 300 g/mol. The summed E-state index contributed by atoms with van der Waals surface area (Å²) in [5.74, 6) is 0. The molecular weight excluding hydrogens is 288 g/mol. The standard InChI is InChI=1S/C11H13BrN2OS/c1-11(2,5-12)6-14-7-13-8-3-4-16-9(8)10(14)15/h3-4,7H,5-6H2,1-2H3. The van der Waals surface area contributed by atoms with Crippen LogP contribution in [-0.4, -0.2) is 14.9 Å². The third-order valence-corrected chi connectivity index (χ3v) is 4.81. The average molecular weight is 301 g/mol. The Kier molecular flexibility index (Phi) is 3.17. The maximum absolute atomic E-state index is 12.1. The van der Waals surface area contributed by atoms with Crippen LogP contribution < -0.4 is 5.56 Å². The van der Waals surface area contributed by atoms with E-state index in [9.17, 15) is 4.79 Å². The van der Waals surface area contributed by atoms with Crippen molar-refractivity contribution in [1.82, 2.24) is 9.55 Å². The average Bonchev–Trinajstić information content (AvgIpc) is 2.71. The lowest BCUT2D eigenvalue weighted by Crippen LogP contribution is -2.29. The predicted molar refractivity (Wildman–Crippen MR) is 71.5 cm³/mol. The summed E-state index contributed by atoms with van der Waals surface area (Å²) in [6, 6.07) is 1.88. The zero-order valence-electron chi connectivity index (χ0n) is 9.24. The number of hydrogen-bond acceptors (Lipinski definition) is 3. The van der Waals surface area contributed by atoms with E-state index in [2.05, 4.69) is 34.8 Å². The van der Waals surface area contributed by atoms with Crippen LogP contribution in [0.15, 0.2) is 22.6 Å². The van der Waals surface area contributed by atoms with Crippen LogP contribution in [-0.2, 0) is 6.54 Å². The summed E-state index contributed by atoms with van der Waals surface area (Å²) in [6.45, 7) is 4.91. The van der Waals surface area contributed by atoms with Gasteiger partial charge in [-0.15, -0.1) is 11.3 Å². The molecule has 5 heteroatoms. The van der Waals surface area contributed by atoms with Gasteiger partial charge in [0.15, 0.2) is 0 Å². The fourth-order valence-electron chi connectivity index (χ4n) is 1.49. The Hall–Kier alpha value is -0.680. The summed E-state index contributed by atoms with van der Waals surface area (Å²) in [7, 11) is 0. The van der Waals surface area contributed by atoms with E-state index >= 15 is 0 Å². The van der Waals surface area contributed by atoms with Gasteiger partial charge < -0.3 is 0 Å². The van der Waals surface area contributed by atoms with Crippen LogP contribution in [0.25, 0.3) is 10.2 Å². The molecule has 0 amide bonds. The maximum Gasteiger partial charge on any atom is 0.271 e. The first-order valence-electron chi connectivity index (χ1n) is 5.02. The molecule has 0 N–H and O–H groups in total. The zero-order valence-corrected chi connectivity index (χ0v) is 11.6. The Morgan fingerprint density at radius 3 is 3.00 bits per heavy atom. The second kappa shape index (κ2) is 4.30. The molecule has 0 saturated carbocycles. The molecule has 0 fully saturated rings. The fraction of sp³-hybridized carbons (Fsp3) is 0.455. The molecule has 2 aromatic heterocycles. The first-order valence-corrected chi connectivity index (χ1v) is 7.02. The molecule has 16 heavy (non-hydrogen) atoms. The minimum absolute atomic E-state index is 0.0520. The van der Waals surface area contributed by atoms with Gasteiger partial charge in [0, 0.05) is 11.9 Å². The summed E-state index contributed by atoms with van der Waals surface area (Å²) >= 11 is 4.92. The number of nitrogens with zero attached hydrogens (tertiary/aromatic N) is 2. The van der Waals surface area contributed by atoms with E-state index in [-0.39, 0.29) is 11.0 Å². The molecule has 3 nitrogen and oxygen atoms in total. The van der Waals surface area contributed by atoms with Crippen LogP contribution in [0, 0.1) is 5.41 Å². The molecule has 0 bridgehead atoms. The lowest BCUT2D eigenvalue weighted by atomic mass is 9.97. The minimum Gasteiger partial charge on any atom is -0.297 e. The van der Waals surface area contributed by atoms with Crippen LogP contribution in [0.4, 0.5) is 0 Å². The molecule has 0 aliphatic heterocycles. The Balaban J connectivity index is 2.46. The molecule has 86 valence electrons. The van der Waals surface area contributed by atoms with Crippen molar-refractivity contribution >= 4 is 37.5 Å². The number of fused-ring (bicyclic) bond motifs is 1. The number of alkyl halides is 1. The molecule has 0 unspecified atom stereocenters. The third-order valence-electron chi connectivity index (χ3n) is 2.40. The highest BCUT2D eigenvalue weighted by atomic mass is 79.9. The van der Waals surface area contributed by atoms with Crippen LogP contribution >= 0.6 is 27.3 Å². The highest BCUT2D eigenvalue weighted by Crippen LogP contribution is 2.20. The molecule has 2 rings (SSSR count). The van der Waals surface area contributed by atoms with Crippen LogP contribution in [0.2, 0.25) is 0 Å². The SMILES string of the molecule is CC(C)(CBr)Cn1cnc2ccsc2c1=O. The van der Waals surface area contributed by atoms with Crippen molar-refractivity contribution in [3.8, 4) is 0 Å². The van der Waals surface area contributed by atoms with Crippen molar-refractivity contribution in [2.45, 2.75) is 20.4 Å². The highest BCUT2D eigenvalue weighted by Gasteiger charge is 2.18. The van der Waals surface area contributed by atoms with Gasteiger partial charge in [-0.1, -0.05) is 29.8 Å². The summed E-state index contributed by atoms with van der Waals surface area (Å²) in [4.78, 5) is 16.4. The Morgan fingerprint density at radius 2 is 2.31 bits per heavy atom. The van der Waals surface area contributed by atoms with Gasteiger partial charge in [0.05, 0.1) is 11.8 Å². The van der Waals surface area contributed by atoms with Crippen molar-refractivity contribution in [2.75, 3.05) is 5.33 Å². The molecule has 0 aliphatic carbocycles. The molecule has 0 spiro atoms. The van der Waals surface area contributed by atoms with Gasteiger partial charge in [-0.25, -0.2) is 4.98 Å². The topological polar surface area (TPSA) is 34.9 Å². The number of halogens is 1. The number of rotatable bonds is 3. The van der Waals surface area contributed by atoms with Crippen molar-refractivity contribution in [2.24, 2.45) is 5.41 Å². The molecular formula is C11H13BrN2OS. The van der Waals surface area contributed by atoms with E-state index in [4.69, 9.17) is 0 Å². The first-order chi connectivity index (χ1) is 7.53. The third kappa shape index (κ3) is 2.20. The van der Waals surface area contributed by atoms with Crippen LogP contribution in [0.3, 0.4) is 0 Å². The van der Waals surface area contributed by atoms with E-state index in [1.165, 1.54) is 11.3 Å². The summed E-state index contributed by atoms with van der Waals surface area (Å²) in [5.41, 5.74) is 0.910. The molecule has 2 heterocycles. The molecule has 0 atom stereocenters. The normalized spacial score (nSPS) is 12.2. The Morgan fingerprint density at radius 1 is 1.56 bits per heavy atom. The fourth-order valence-corrected chi connectivity index (χ4v) is 2.46. The van der Waals surface area contributed by atoms with Gasteiger partial charge in [0.1, 0.15) is 4.70 Å². The van der Waals surface area contributed by atoms with E-state index in [0.717, 1.165) is 15.5 Å². The first kappa shape index (κ1) is 11.8. The van der Waals surface area contributed by atoms with E-state index in [1.807, 2.05) is 11.4 Å². The lowest BCUT2D eigenvalue weighted by Gasteiger charge is -2.22. The van der Waals surface area contributed by atoms with Crippen LogP contribution in [0.5, 0.6) is 0 Å². The molecule has 0 radical (unpaired) electrons. The van der Waals surface area contributed by atoms with Crippen LogP contribution in [0.1, 0.15) is 13.8 Å². The van der Waals surface area contributed by atoms with Gasteiger partial charge in [0.25, 0.3) is 5.56 Å². The van der Waals surface area contributed by atoms with Crippen molar-refractivity contribution in [3.63, 3.8) is 0 Å². The Bertz CT molecular complexity index is 558. The van der Waals surface area contributed by atoms with Crippen molar-refractivity contribution in [3.05, 3.63) is 28.1 Å². The number of thiophene rings is 1. The molecule has 0 saturated heterocycles. The number of hydrogen-bond donors (Lipinski definition) is 0. The summed E-state index contributed by atoms with van der Waals surface area (Å²) in [6.07, 6.45) is 1.64. The van der Waals surface area contributed by atoms with Crippen molar-refractivity contribution < 1.29 is 0 Å². The lowest BCUT2D eigenvalue weighted by molar-refractivity contribution is 0.348. The van der Waals surface area contributed by atoms with Gasteiger partial charge in [-0.2, -0.15) is 0 Å². The van der Waals surface area contributed by atoms with E-state index in [1.54, 1.807) is 10.9 Å². The van der Waals surface area contributed by atoms with Crippen molar-refractivity contribution in [1.29, 1.82) is 0 Å². The predicted octanol–water partition coefficient (Wildman–Crippen LogP) is 2.88. The van der Waals surface area contributed by atoms with E-state index < -0.39 is 0 Å². The second-order valence-electron chi connectivity index (χ2n) is 4.61. The molecule has 0 aromatic carbocycles. The van der Waals surface area contributed by atoms with Gasteiger partial charge in [-0.05, 0) is 16.9 Å². The maximum atomic E-state index is 12.1. The quantitative estimate of drug-likeness (QED) is 0.817. The van der Waals surface area contributed by atoms with Gasteiger partial charge in [-0.3, -0.25) is 9.36 Å². The zero-order chi connectivity index (χ0) is 11.8.